The van der Waals surface area contributed by atoms with Crippen LogP contribution in [-0.4, -0.2) is 9.55 Å². The predicted molar refractivity (Wildman–Crippen MR) is 80.2 cm³/mol. The number of nitrogens with two attached hydrogens (primary N) is 1. The van der Waals surface area contributed by atoms with Gasteiger partial charge < -0.3 is 10.3 Å². The summed E-state index contributed by atoms with van der Waals surface area (Å²) in [5, 5.41) is 0.636. The van der Waals surface area contributed by atoms with Crippen LogP contribution in [0.2, 0.25) is 5.02 Å². The third-order valence-electron chi connectivity index (χ3n) is 3.26. The minimum atomic E-state index is -0.374. The summed E-state index contributed by atoms with van der Waals surface area (Å²) in [4.78, 5) is 4.51. The van der Waals surface area contributed by atoms with Gasteiger partial charge in [0.1, 0.15) is 11.6 Å². The van der Waals surface area contributed by atoms with Gasteiger partial charge in [0.05, 0.1) is 16.6 Å². The van der Waals surface area contributed by atoms with E-state index in [1.807, 2.05) is 23.6 Å². The zero-order valence-electron chi connectivity index (χ0n) is 10.9. The molecule has 0 aliphatic carbocycles. The van der Waals surface area contributed by atoms with Gasteiger partial charge in [-0.3, -0.25) is 0 Å². The monoisotopic (exact) mass is 289 g/mol. The molecule has 0 spiro atoms. The fourth-order valence-electron chi connectivity index (χ4n) is 2.33. The van der Waals surface area contributed by atoms with Crippen molar-refractivity contribution in [2.24, 2.45) is 0 Å². The summed E-state index contributed by atoms with van der Waals surface area (Å²) in [6.45, 7) is 2.66. The second-order valence-corrected chi connectivity index (χ2v) is 4.99. The van der Waals surface area contributed by atoms with Crippen molar-refractivity contribution in [3.8, 4) is 11.4 Å². The average molecular weight is 290 g/mol. The average Bonchev–Trinajstić information content (AvgIpc) is 2.76. The van der Waals surface area contributed by atoms with E-state index in [9.17, 15) is 4.39 Å². The number of anilines is 1. The van der Waals surface area contributed by atoms with Gasteiger partial charge in [0, 0.05) is 17.3 Å². The second-order valence-electron chi connectivity index (χ2n) is 4.55. The number of fused-ring (bicyclic) bond motifs is 1. The number of hydrogen-bond donors (Lipinski definition) is 1. The first-order valence-electron chi connectivity index (χ1n) is 6.31. The van der Waals surface area contributed by atoms with Crippen LogP contribution >= 0.6 is 11.6 Å². The highest BCUT2D eigenvalue weighted by Gasteiger charge is 2.15. The molecule has 5 heteroatoms. The van der Waals surface area contributed by atoms with Crippen LogP contribution in [0.15, 0.2) is 36.4 Å². The molecule has 0 aliphatic rings. The third-order valence-corrected chi connectivity index (χ3v) is 3.50. The molecule has 0 fully saturated rings. The van der Waals surface area contributed by atoms with E-state index in [1.54, 1.807) is 18.2 Å². The van der Waals surface area contributed by atoms with Crippen LogP contribution in [0.4, 0.5) is 10.1 Å². The van der Waals surface area contributed by atoms with E-state index in [2.05, 4.69) is 4.98 Å². The van der Waals surface area contributed by atoms with Crippen molar-refractivity contribution < 1.29 is 4.39 Å². The lowest BCUT2D eigenvalue weighted by Gasteiger charge is -2.07. The quantitative estimate of drug-likeness (QED) is 0.722. The Hall–Kier alpha value is -2.07. The number of hydrogen-bond acceptors (Lipinski definition) is 2. The zero-order chi connectivity index (χ0) is 14.3. The highest BCUT2D eigenvalue weighted by atomic mass is 35.5. The molecule has 102 valence electrons. The lowest BCUT2D eigenvalue weighted by atomic mass is 10.2. The van der Waals surface area contributed by atoms with Gasteiger partial charge in [-0.15, -0.1) is 0 Å². The van der Waals surface area contributed by atoms with E-state index < -0.39 is 0 Å². The topological polar surface area (TPSA) is 43.8 Å². The third kappa shape index (κ3) is 2.02. The Morgan fingerprint density at radius 1 is 1.25 bits per heavy atom. The molecule has 0 aliphatic heterocycles. The van der Waals surface area contributed by atoms with Gasteiger partial charge in [-0.25, -0.2) is 9.37 Å². The minimum Gasteiger partial charge on any atom is -0.399 e. The number of imidazole rings is 1. The molecule has 0 unspecified atom stereocenters. The molecule has 2 aromatic carbocycles. The smallest absolute Gasteiger partial charge is 0.144 e. The maximum atomic E-state index is 14.1. The predicted octanol–water partition coefficient (Wildman–Crippen LogP) is 4.10. The highest BCUT2D eigenvalue weighted by Crippen LogP contribution is 2.29. The molecule has 2 N–H and O–H groups in total. The summed E-state index contributed by atoms with van der Waals surface area (Å²) in [5.74, 6) is 0.211. The van der Waals surface area contributed by atoms with Gasteiger partial charge in [0.15, 0.2) is 0 Å². The first-order valence-corrected chi connectivity index (χ1v) is 6.69. The molecule has 20 heavy (non-hydrogen) atoms. The van der Waals surface area contributed by atoms with Crippen molar-refractivity contribution in [1.29, 1.82) is 0 Å². The number of nitrogens with zero attached hydrogens (tertiary/aromatic N) is 2. The Kier molecular flexibility index (Phi) is 3.10. The van der Waals surface area contributed by atoms with Crippen LogP contribution in [0.1, 0.15) is 6.92 Å². The van der Waals surface area contributed by atoms with E-state index in [1.165, 1.54) is 6.07 Å². The van der Waals surface area contributed by atoms with Gasteiger partial charge in [0.25, 0.3) is 0 Å². The van der Waals surface area contributed by atoms with Crippen molar-refractivity contribution in [2.75, 3.05) is 5.73 Å². The Morgan fingerprint density at radius 3 is 2.75 bits per heavy atom. The largest absolute Gasteiger partial charge is 0.399 e. The van der Waals surface area contributed by atoms with Crippen LogP contribution in [0.25, 0.3) is 22.4 Å². The summed E-state index contributed by atoms with van der Waals surface area (Å²) >= 11 is 6.02. The Balaban J connectivity index is 2.30. The first-order chi connectivity index (χ1) is 9.60. The molecule has 3 nitrogen and oxygen atoms in total. The number of rotatable bonds is 2. The maximum Gasteiger partial charge on any atom is 0.144 e. The molecule has 0 amide bonds. The lowest BCUT2D eigenvalue weighted by Crippen LogP contribution is -1.99. The SMILES string of the molecule is CCn1c(-c2ccc(N)cc2F)nc2ccc(Cl)cc21. The molecule has 3 aromatic rings. The first kappa shape index (κ1) is 12.9. The standard InChI is InChI=1S/C15H13ClFN3/c1-2-20-14-7-9(16)3-6-13(14)19-15(20)11-5-4-10(18)8-12(11)17/h3-8H,2,18H2,1H3. The van der Waals surface area contributed by atoms with Crippen molar-refractivity contribution in [3.63, 3.8) is 0 Å². The van der Waals surface area contributed by atoms with Gasteiger partial charge >= 0.3 is 0 Å². The zero-order valence-corrected chi connectivity index (χ0v) is 11.7. The summed E-state index contributed by atoms with van der Waals surface area (Å²) in [6, 6.07) is 10.1. The number of halogens is 2. The normalized spacial score (nSPS) is 11.2. The summed E-state index contributed by atoms with van der Waals surface area (Å²) in [6.07, 6.45) is 0. The Labute approximate surface area is 120 Å². The van der Waals surface area contributed by atoms with Gasteiger partial charge in [0.2, 0.25) is 0 Å². The van der Waals surface area contributed by atoms with Gasteiger partial charge in [-0.05, 0) is 43.3 Å². The molecule has 0 bridgehead atoms. The highest BCUT2D eigenvalue weighted by molar-refractivity contribution is 6.31. The number of nitrogen functional groups attached to an aromatic ring is 1. The van der Waals surface area contributed by atoms with Crippen molar-refractivity contribution in [3.05, 3.63) is 47.2 Å². The molecule has 0 atom stereocenters. The molecule has 1 heterocycles. The van der Waals surface area contributed by atoms with Crippen molar-refractivity contribution >= 4 is 28.3 Å². The molecule has 0 saturated heterocycles. The van der Waals surface area contributed by atoms with Crippen LogP contribution in [-0.2, 0) is 6.54 Å². The molecule has 3 rings (SSSR count). The fourth-order valence-corrected chi connectivity index (χ4v) is 2.50. The minimum absolute atomic E-state index is 0.374. The summed E-state index contributed by atoms with van der Waals surface area (Å²) < 4.78 is 16.0. The fraction of sp³-hybridized carbons (Fsp3) is 0.133. The van der Waals surface area contributed by atoms with Crippen LogP contribution in [0.3, 0.4) is 0 Å². The molecule has 0 saturated carbocycles. The molecule has 1 aromatic heterocycles. The lowest BCUT2D eigenvalue weighted by molar-refractivity contribution is 0.628. The van der Waals surface area contributed by atoms with Crippen LogP contribution in [0, 0.1) is 5.82 Å². The summed E-state index contributed by atoms with van der Waals surface area (Å²) in [5.41, 5.74) is 8.11. The van der Waals surface area contributed by atoms with Gasteiger partial charge in [-0.1, -0.05) is 11.6 Å². The Morgan fingerprint density at radius 2 is 2.05 bits per heavy atom. The van der Waals surface area contributed by atoms with E-state index in [0.717, 1.165) is 11.0 Å². The molecular formula is C15H13ClFN3. The van der Waals surface area contributed by atoms with E-state index >= 15 is 0 Å². The molecule has 0 radical (unpaired) electrons. The maximum absolute atomic E-state index is 14.1. The van der Waals surface area contributed by atoms with E-state index in [-0.39, 0.29) is 5.82 Å². The second kappa shape index (κ2) is 4.80. The Bertz CT molecular complexity index is 795. The number of benzene rings is 2. The van der Waals surface area contributed by atoms with Crippen LogP contribution < -0.4 is 5.73 Å². The van der Waals surface area contributed by atoms with Gasteiger partial charge in [-0.2, -0.15) is 0 Å². The summed E-state index contributed by atoms with van der Waals surface area (Å²) in [7, 11) is 0. The molecular weight excluding hydrogens is 277 g/mol. The van der Waals surface area contributed by atoms with Crippen molar-refractivity contribution in [2.45, 2.75) is 13.5 Å². The number of aryl methyl sites for hydroxylation is 1. The van der Waals surface area contributed by atoms with Crippen LogP contribution in [0.5, 0.6) is 0 Å². The van der Waals surface area contributed by atoms with Crippen molar-refractivity contribution in [1.82, 2.24) is 9.55 Å². The number of aromatic nitrogens is 2. The van der Waals surface area contributed by atoms with E-state index in [4.69, 9.17) is 17.3 Å². The van der Waals surface area contributed by atoms with E-state index in [0.29, 0.717) is 28.6 Å².